The predicted molar refractivity (Wildman–Crippen MR) is 57.1 cm³/mol. The zero-order valence-corrected chi connectivity index (χ0v) is 10.5. The summed E-state index contributed by atoms with van der Waals surface area (Å²) < 4.78 is 20.1. The summed E-state index contributed by atoms with van der Waals surface area (Å²) in [5.41, 5.74) is 0. The molecule has 0 unspecified atom stereocenters. The standard InChI is InChI=1S/C11H18O6/c1-5-6-11(2)16-7(9(12)14-3)8(17-11)10(13)15-4/h7-8H,5-6H2,1-4H3/t7-,8-/m1/s1. The highest BCUT2D eigenvalue weighted by molar-refractivity contribution is 5.86. The van der Waals surface area contributed by atoms with E-state index in [2.05, 4.69) is 9.47 Å². The number of carbonyl (C=O) groups is 2. The molecule has 0 saturated carbocycles. The van der Waals surface area contributed by atoms with Crippen molar-refractivity contribution in [1.29, 1.82) is 0 Å². The fourth-order valence-corrected chi connectivity index (χ4v) is 1.84. The molecule has 0 amide bonds. The number of carbonyl (C=O) groups excluding carboxylic acids is 2. The van der Waals surface area contributed by atoms with E-state index in [4.69, 9.17) is 9.47 Å². The smallest absolute Gasteiger partial charge is 0.338 e. The van der Waals surface area contributed by atoms with Crippen LogP contribution in [0.5, 0.6) is 0 Å². The van der Waals surface area contributed by atoms with E-state index >= 15 is 0 Å². The highest BCUT2D eigenvalue weighted by atomic mass is 16.8. The second kappa shape index (κ2) is 5.46. The largest absolute Gasteiger partial charge is 0.467 e. The molecule has 1 rings (SSSR count). The van der Waals surface area contributed by atoms with Crippen LogP contribution in [-0.2, 0) is 28.5 Å². The molecule has 1 aliphatic heterocycles. The van der Waals surface area contributed by atoms with E-state index in [1.165, 1.54) is 14.2 Å². The first-order valence-electron chi connectivity index (χ1n) is 5.48. The first-order chi connectivity index (χ1) is 7.97. The zero-order chi connectivity index (χ0) is 13.1. The number of hydrogen-bond donors (Lipinski definition) is 0. The minimum atomic E-state index is -1.07. The second-order valence-corrected chi connectivity index (χ2v) is 4.01. The molecule has 1 aliphatic rings. The monoisotopic (exact) mass is 246 g/mol. The van der Waals surface area contributed by atoms with Gasteiger partial charge in [-0.1, -0.05) is 13.3 Å². The molecule has 0 aromatic rings. The van der Waals surface area contributed by atoms with Gasteiger partial charge in [-0.3, -0.25) is 0 Å². The van der Waals surface area contributed by atoms with Crippen LogP contribution >= 0.6 is 0 Å². The van der Waals surface area contributed by atoms with Crippen LogP contribution in [-0.4, -0.2) is 44.2 Å². The third-order valence-corrected chi connectivity index (χ3v) is 2.60. The molecule has 1 saturated heterocycles. The molecule has 0 bridgehead atoms. The number of rotatable bonds is 4. The molecule has 1 fully saturated rings. The minimum absolute atomic E-state index is 0.577. The molecule has 0 N–H and O–H groups in total. The van der Waals surface area contributed by atoms with Gasteiger partial charge in [0.1, 0.15) is 0 Å². The van der Waals surface area contributed by atoms with Crippen LogP contribution in [0.4, 0.5) is 0 Å². The molecule has 98 valence electrons. The summed E-state index contributed by atoms with van der Waals surface area (Å²) in [6.45, 7) is 3.64. The van der Waals surface area contributed by atoms with Gasteiger partial charge in [0.2, 0.25) is 0 Å². The SMILES string of the molecule is CCCC1(C)O[C@@H](C(=O)OC)[C@H](C(=O)OC)O1. The Morgan fingerprint density at radius 3 is 1.82 bits per heavy atom. The maximum absolute atomic E-state index is 11.5. The Morgan fingerprint density at radius 1 is 1.12 bits per heavy atom. The first kappa shape index (κ1) is 13.9. The van der Waals surface area contributed by atoms with Gasteiger partial charge in [0.25, 0.3) is 0 Å². The summed E-state index contributed by atoms with van der Waals surface area (Å²) in [6.07, 6.45) is -0.750. The van der Waals surface area contributed by atoms with Gasteiger partial charge in [-0.25, -0.2) is 9.59 Å². The van der Waals surface area contributed by atoms with Crippen molar-refractivity contribution in [2.45, 2.75) is 44.7 Å². The van der Waals surface area contributed by atoms with Crippen molar-refractivity contribution in [2.75, 3.05) is 14.2 Å². The lowest BCUT2D eigenvalue weighted by molar-refractivity contribution is -0.182. The Kier molecular flexibility index (Phi) is 4.47. The van der Waals surface area contributed by atoms with Crippen LogP contribution in [0.15, 0.2) is 0 Å². The van der Waals surface area contributed by atoms with Crippen LogP contribution in [0.25, 0.3) is 0 Å². The van der Waals surface area contributed by atoms with Crippen molar-refractivity contribution < 1.29 is 28.5 Å². The lowest BCUT2D eigenvalue weighted by Gasteiger charge is -2.21. The quantitative estimate of drug-likeness (QED) is 0.678. The van der Waals surface area contributed by atoms with Crippen molar-refractivity contribution in [2.24, 2.45) is 0 Å². The zero-order valence-electron chi connectivity index (χ0n) is 10.5. The van der Waals surface area contributed by atoms with E-state index in [1.54, 1.807) is 6.92 Å². The van der Waals surface area contributed by atoms with Crippen LogP contribution in [0.1, 0.15) is 26.7 Å². The third kappa shape index (κ3) is 2.95. The Hall–Kier alpha value is -1.14. The van der Waals surface area contributed by atoms with Crippen LogP contribution in [0.2, 0.25) is 0 Å². The third-order valence-electron chi connectivity index (χ3n) is 2.60. The second-order valence-electron chi connectivity index (χ2n) is 4.01. The topological polar surface area (TPSA) is 71.1 Å². The molecule has 0 aromatic carbocycles. The molecule has 6 nitrogen and oxygen atoms in total. The highest BCUT2D eigenvalue weighted by Crippen LogP contribution is 2.33. The summed E-state index contributed by atoms with van der Waals surface area (Å²) in [7, 11) is 2.46. The predicted octanol–water partition coefficient (Wildman–Crippen LogP) is 0.633. The normalized spacial score (nSPS) is 26.6. The van der Waals surface area contributed by atoms with Gasteiger partial charge < -0.3 is 18.9 Å². The Bertz CT molecular complexity index is 276. The van der Waals surface area contributed by atoms with Crippen molar-refractivity contribution in [3.05, 3.63) is 0 Å². The lowest BCUT2D eigenvalue weighted by Crippen LogP contribution is -2.38. The minimum Gasteiger partial charge on any atom is -0.467 e. The molecule has 2 atom stereocenters. The molecular weight excluding hydrogens is 228 g/mol. The number of hydrogen-bond acceptors (Lipinski definition) is 6. The van der Waals surface area contributed by atoms with Gasteiger partial charge >= 0.3 is 11.9 Å². The molecule has 0 aliphatic carbocycles. The summed E-state index contributed by atoms with van der Waals surface area (Å²) >= 11 is 0. The lowest BCUT2D eigenvalue weighted by atomic mass is 10.2. The summed E-state index contributed by atoms with van der Waals surface area (Å²) in [6, 6.07) is 0. The average Bonchev–Trinajstić information content (AvgIpc) is 2.65. The Labute approximate surface area is 100 Å². The molecule has 0 spiro atoms. The Morgan fingerprint density at radius 2 is 1.53 bits per heavy atom. The molecule has 0 aromatic heterocycles. The molecule has 0 radical (unpaired) electrons. The number of methoxy groups -OCH3 is 2. The van der Waals surface area contributed by atoms with Gasteiger partial charge in [-0.15, -0.1) is 0 Å². The van der Waals surface area contributed by atoms with Crippen molar-refractivity contribution in [3.8, 4) is 0 Å². The van der Waals surface area contributed by atoms with Gasteiger partial charge in [0.05, 0.1) is 14.2 Å². The van der Waals surface area contributed by atoms with E-state index in [0.29, 0.717) is 6.42 Å². The van der Waals surface area contributed by atoms with E-state index in [0.717, 1.165) is 6.42 Å². The van der Waals surface area contributed by atoms with Gasteiger partial charge in [-0.2, -0.15) is 0 Å². The highest BCUT2D eigenvalue weighted by Gasteiger charge is 2.51. The molecule has 1 heterocycles. The van der Waals surface area contributed by atoms with E-state index in [9.17, 15) is 9.59 Å². The van der Waals surface area contributed by atoms with Crippen LogP contribution < -0.4 is 0 Å². The summed E-state index contributed by atoms with van der Waals surface area (Å²) in [4.78, 5) is 23.0. The van der Waals surface area contributed by atoms with Crippen LogP contribution in [0, 0.1) is 0 Å². The molecular formula is C11H18O6. The van der Waals surface area contributed by atoms with Crippen molar-refractivity contribution >= 4 is 11.9 Å². The average molecular weight is 246 g/mol. The van der Waals surface area contributed by atoms with E-state index in [-0.39, 0.29) is 0 Å². The fraction of sp³-hybridized carbons (Fsp3) is 0.818. The molecule has 6 heteroatoms. The van der Waals surface area contributed by atoms with Crippen LogP contribution in [0.3, 0.4) is 0 Å². The van der Waals surface area contributed by atoms with E-state index < -0.39 is 29.9 Å². The number of esters is 2. The fourth-order valence-electron chi connectivity index (χ4n) is 1.84. The van der Waals surface area contributed by atoms with E-state index in [1.807, 2.05) is 6.92 Å². The Balaban J connectivity index is 2.86. The number of ether oxygens (including phenoxy) is 4. The maximum atomic E-state index is 11.5. The summed E-state index contributed by atoms with van der Waals surface area (Å²) in [5, 5.41) is 0. The first-order valence-corrected chi connectivity index (χ1v) is 5.48. The molecule has 17 heavy (non-hydrogen) atoms. The van der Waals surface area contributed by atoms with Crippen molar-refractivity contribution in [1.82, 2.24) is 0 Å². The summed E-state index contributed by atoms with van der Waals surface area (Å²) in [5.74, 6) is -2.23. The van der Waals surface area contributed by atoms with Gasteiger partial charge in [0.15, 0.2) is 18.0 Å². The maximum Gasteiger partial charge on any atom is 0.338 e. The van der Waals surface area contributed by atoms with Crippen molar-refractivity contribution in [3.63, 3.8) is 0 Å². The van der Waals surface area contributed by atoms with Gasteiger partial charge in [-0.05, 0) is 6.92 Å². The van der Waals surface area contributed by atoms with Gasteiger partial charge in [0, 0.05) is 6.42 Å².